The van der Waals surface area contributed by atoms with Crippen molar-refractivity contribution in [2.24, 2.45) is 0 Å². The quantitative estimate of drug-likeness (QED) is 0.842. The molecule has 0 spiro atoms. The number of rotatable bonds is 4. The van der Waals surface area contributed by atoms with E-state index in [2.05, 4.69) is 26.4 Å². The van der Waals surface area contributed by atoms with Gasteiger partial charge in [-0.3, -0.25) is 4.79 Å². The zero-order valence-corrected chi connectivity index (χ0v) is 9.80. The molecule has 0 bridgehead atoms. The minimum absolute atomic E-state index is 0.132. The van der Waals surface area contributed by atoms with Gasteiger partial charge in [0.25, 0.3) is 5.91 Å². The van der Waals surface area contributed by atoms with Crippen molar-refractivity contribution in [2.75, 3.05) is 5.33 Å². The molecule has 0 aromatic carbocycles. The van der Waals surface area contributed by atoms with Crippen molar-refractivity contribution in [1.29, 1.82) is 0 Å². The molecule has 0 saturated heterocycles. The van der Waals surface area contributed by atoms with E-state index in [-0.39, 0.29) is 17.7 Å². The molecule has 1 unspecified atom stereocenters. The van der Waals surface area contributed by atoms with Crippen LogP contribution in [0.1, 0.15) is 29.6 Å². The van der Waals surface area contributed by atoms with Crippen LogP contribution in [-0.4, -0.2) is 22.4 Å². The standard InChI is InChI=1S/C9H13BrN2O2/c1-3-7(5-10)11-9(13)8-4-6(2)12-14-8/h4,7H,3,5H2,1-2H3,(H,11,13). The van der Waals surface area contributed by atoms with Crippen LogP contribution in [0.15, 0.2) is 10.6 Å². The van der Waals surface area contributed by atoms with Gasteiger partial charge in [0, 0.05) is 17.4 Å². The largest absolute Gasteiger partial charge is 0.351 e. The highest BCUT2D eigenvalue weighted by molar-refractivity contribution is 9.09. The van der Waals surface area contributed by atoms with E-state index in [0.29, 0.717) is 5.69 Å². The molecule has 1 amide bonds. The number of aryl methyl sites for hydroxylation is 1. The van der Waals surface area contributed by atoms with E-state index in [9.17, 15) is 4.79 Å². The summed E-state index contributed by atoms with van der Waals surface area (Å²) in [6.45, 7) is 3.79. The molecule has 0 radical (unpaired) electrons. The predicted molar refractivity (Wildman–Crippen MR) is 56.6 cm³/mol. The van der Waals surface area contributed by atoms with Gasteiger partial charge in [-0.2, -0.15) is 0 Å². The van der Waals surface area contributed by atoms with Crippen LogP contribution < -0.4 is 5.32 Å². The lowest BCUT2D eigenvalue weighted by Crippen LogP contribution is -2.35. The molecule has 1 aromatic heterocycles. The van der Waals surface area contributed by atoms with Crippen LogP contribution in [0.3, 0.4) is 0 Å². The molecule has 0 aliphatic heterocycles. The molecule has 1 heterocycles. The van der Waals surface area contributed by atoms with Crippen molar-refractivity contribution in [2.45, 2.75) is 26.3 Å². The van der Waals surface area contributed by atoms with Crippen LogP contribution >= 0.6 is 15.9 Å². The summed E-state index contributed by atoms with van der Waals surface area (Å²) < 4.78 is 4.84. The topological polar surface area (TPSA) is 55.1 Å². The molecule has 0 fully saturated rings. The fourth-order valence-electron chi connectivity index (χ4n) is 0.977. The summed E-state index contributed by atoms with van der Waals surface area (Å²) in [5.74, 6) is 0.0544. The monoisotopic (exact) mass is 260 g/mol. The van der Waals surface area contributed by atoms with Crippen molar-refractivity contribution in [3.8, 4) is 0 Å². The van der Waals surface area contributed by atoms with Crippen molar-refractivity contribution in [3.05, 3.63) is 17.5 Å². The molecule has 5 heteroatoms. The number of carbonyl (C=O) groups excluding carboxylic acids is 1. The summed E-state index contributed by atoms with van der Waals surface area (Å²) in [6.07, 6.45) is 0.879. The average molecular weight is 261 g/mol. The number of halogens is 1. The first kappa shape index (κ1) is 11.2. The van der Waals surface area contributed by atoms with Crippen LogP contribution in [0, 0.1) is 6.92 Å². The van der Waals surface area contributed by atoms with E-state index in [4.69, 9.17) is 4.52 Å². The van der Waals surface area contributed by atoms with Crippen LogP contribution in [0.25, 0.3) is 0 Å². The van der Waals surface area contributed by atoms with Crippen molar-refractivity contribution in [1.82, 2.24) is 10.5 Å². The lowest BCUT2D eigenvalue weighted by Gasteiger charge is -2.11. The van der Waals surface area contributed by atoms with Gasteiger partial charge in [0.05, 0.1) is 5.69 Å². The second kappa shape index (κ2) is 5.14. The Morgan fingerprint density at radius 2 is 2.50 bits per heavy atom. The first-order valence-corrected chi connectivity index (χ1v) is 5.59. The fourth-order valence-corrected chi connectivity index (χ4v) is 1.60. The number of alkyl halides is 1. The van der Waals surface area contributed by atoms with Gasteiger partial charge in [-0.15, -0.1) is 0 Å². The first-order chi connectivity index (χ1) is 6.67. The Bertz CT molecular complexity index is 308. The summed E-state index contributed by atoms with van der Waals surface area (Å²) in [5, 5.41) is 7.21. The maximum Gasteiger partial charge on any atom is 0.290 e. The molecule has 0 saturated carbocycles. The molecule has 4 nitrogen and oxygen atoms in total. The molecular formula is C9H13BrN2O2. The Morgan fingerprint density at radius 1 is 1.79 bits per heavy atom. The molecule has 1 aromatic rings. The molecular weight excluding hydrogens is 248 g/mol. The molecule has 0 aliphatic carbocycles. The number of nitrogens with zero attached hydrogens (tertiary/aromatic N) is 1. The lowest BCUT2D eigenvalue weighted by atomic mass is 10.2. The highest BCUT2D eigenvalue weighted by Crippen LogP contribution is 2.04. The number of carbonyl (C=O) groups is 1. The summed E-state index contributed by atoms with van der Waals surface area (Å²) >= 11 is 3.32. The summed E-state index contributed by atoms with van der Waals surface area (Å²) in [6, 6.07) is 1.75. The van der Waals surface area contributed by atoms with E-state index in [1.54, 1.807) is 13.0 Å². The molecule has 1 atom stereocenters. The SMILES string of the molecule is CCC(CBr)NC(=O)c1cc(C)no1. The third-order valence-corrected chi connectivity index (χ3v) is 2.65. The van der Waals surface area contributed by atoms with Crippen LogP contribution in [0.4, 0.5) is 0 Å². The summed E-state index contributed by atoms with van der Waals surface area (Å²) in [5.41, 5.74) is 0.710. The smallest absolute Gasteiger partial charge is 0.290 e. The highest BCUT2D eigenvalue weighted by atomic mass is 79.9. The van der Waals surface area contributed by atoms with Gasteiger partial charge >= 0.3 is 0 Å². The van der Waals surface area contributed by atoms with E-state index in [1.807, 2.05) is 6.92 Å². The van der Waals surface area contributed by atoms with Crippen molar-refractivity contribution < 1.29 is 9.32 Å². The van der Waals surface area contributed by atoms with E-state index in [0.717, 1.165) is 11.8 Å². The van der Waals surface area contributed by atoms with Crippen LogP contribution in [-0.2, 0) is 0 Å². The molecule has 14 heavy (non-hydrogen) atoms. The Hall–Kier alpha value is -0.840. The van der Waals surface area contributed by atoms with Crippen LogP contribution in [0.2, 0.25) is 0 Å². The van der Waals surface area contributed by atoms with E-state index >= 15 is 0 Å². The van der Waals surface area contributed by atoms with Crippen molar-refractivity contribution in [3.63, 3.8) is 0 Å². The minimum atomic E-state index is -0.211. The molecule has 78 valence electrons. The maximum absolute atomic E-state index is 11.5. The second-order valence-electron chi connectivity index (χ2n) is 3.07. The minimum Gasteiger partial charge on any atom is -0.351 e. The van der Waals surface area contributed by atoms with Gasteiger partial charge < -0.3 is 9.84 Å². The third kappa shape index (κ3) is 2.83. The maximum atomic E-state index is 11.5. The van der Waals surface area contributed by atoms with Gasteiger partial charge in [0.1, 0.15) is 0 Å². The third-order valence-electron chi connectivity index (χ3n) is 1.87. The second-order valence-corrected chi connectivity index (χ2v) is 3.71. The number of amides is 1. The molecule has 1 rings (SSSR count). The summed E-state index contributed by atoms with van der Waals surface area (Å²) in [4.78, 5) is 11.5. The predicted octanol–water partition coefficient (Wildman–Crippen LogP) is 1.89. The highest BCUT2D eigenvalue weighted by Gasteiger charge is 2.14. The molecule has 0 aliphatic rings. The lowest BCUT2D eigenvalue weighted by molar-refractivity contribution is 0.0903. The molecule has 1 N–H and O–H groups in total. The summed E-state index contributed by atoms with van der Waals surface area (Å²) in [7, 11) is 0. The zero-order chi connectivity index (χ0) is 10.6. The van der Waals surface area contributed by atoms with Crippen molar-refractivity contribution >= 4 is 21.8 Å². The van der Waals surface area contributed by atoms with Gasteiger partial charge in [-0.05, 0) is 13.3 Å². The van der Waals surface area contributed by atoms with Gasteiger partial charge in [-0.1, -0.05) is 28.0 Å². The number of nitrogens with one attached hydrogen (secondary N) is 1. The number of hydrogen-bond donors (Lipinski definition) is 1. The Balaban J connectivity index is 2.58. The van der Waals surface area contributed by atoms with E-state index < -0.39 is 0 Å². The van der Waals surface area contributed by atoms with Gasteiger partial charge in [-0.25, -0.2) is 0 Å². The van der Waals surface area contributed by atoms with E-state index in [1.165, 1.54) is 0 Å². The number of aromatic nitrogens is 1. The van der Waals surface area contributed by atoms with Crippen LogP contribution in [0.5, 0.6) is 0 Å². The normalized spacial score (nSPS) is 12.5. The first-order valence-electron chi connectivity index (χ1n) is 4.47. The Morgan fingerprint density at radius 3 is 2.93 bits per heavy atom. The Labute approximate surface area is 91.2 Å². The van der Waals surface area contributed by atoms with Gasteiger partial charge in [0.15, 0.2) is 0 Å². The fraction of sp³-hybridized carbons (Fsp3) is 0.556. The zero-order valence-electron chi connectivity index (χ0n) is 8.21. The average Bonchev–Trinajstić information content (AvgIpc) is 2.61. The number of hydrogen-bond acceptors (Lipinski definition) is 3. The van der Waals surface area contributed by atoms with Gasteiger partial charge in [0.2, 0.25) is 5.76 Å². The Kier molecular flexibility index (Phi) is 4.13.